The van der Waals surface area contributed by atoms with Gasteiger partial charge in [0.1, 0.15) is 0 Å². The second-order valence-corrected chi connectivity index (χ2v) is 2.00. The van der Waals surface area contributed by atoms with E-state index in [4.69, 9.17) is 10.3 Å². The monoisotopic (exact) mass is 177 g/mol. The summed E-state index contributed by atoms with van der Waals surface area (Å²) in [6.45, 7) is 2.54. The van der Waals surface area contributed by atoms with E-state index in [2.05, 4.69) is 10.1 Å². The molecule has 0 saturated carbocycles. The molecular weight excluding hydrogens is 166 g/mol. The van der Waals surface area contributed by atoms with E-state index < -0.39 is 0 Å². The summed E-state index contributed by atoms with van der Waals surface area (Å²) in [6.07, 6.45) is 1.49. The Hall–Kier alpha value is -0.610. The highest BCUT2D eigenvalue weighted by atomic mass is 35.5. The van der Waals surface area contributed by atoms with Crippen LogP contribution in [0, 0.1) is 0 Å². The third kappa shape index (κ3) is 2.86. The average molecular weight is 178 g/mol. The van der Waals surface area contributed by atoms with Crippen molar-refractivity contribution in [2.45, 2.75) is 19.8 Å². The lowest BCUT2D eigenvalue weighted by Crippen LogP contribution is -2.02. The maximum Gasteiger partial charge on any atom is 0.227 e. The van der Waals surface area contributed by atoms with E-state index in [9.17, 15) is 0 Å². The molecule has 4 nitrogen and oxygen atoms in total. The van der Waals surface area contributed by atoms with Crippen LogP contribution in [0.2, 0.25) is 0 Å². The number of rotatable bonds is 3. The predicted molar refractivity (Wildman–Crippen MR) is 43.7 cm³/mol. The van der Waals surface area contributed by atoms with Gasteiger partial charge in [0.2, 0.25) is 5.89 Å². The maximum atomic E-state index is 5.28. The van der Waals surface area contributed by atoms with Crippen LogP contribution in [-0.4, -0.2) is 16.7 Å². The maximum absolute atomic E-state index is 5.28. The third-order valence-corrected chi connectivity index (χ3v) is 1.18. The molecule has 0 aliphatic rings. The van der Waals surface area contributed by atoms with Gasteiger partial charge in [0.25, 0.3) is 0 Å². The quantitative estimate of drug-likeness (QED) is 0.733. The molecular formula is C6H12ClN3O. The van der Waals surface area contributed by atoms with Gasteiger partial charge in [-0.05, 0) is 0 Å². The van der Waals surface area contributed by atoms with Crippen molar-refractivity contribution in [2.24, 2.45) is 5.73 Å². The van der Waals surface area contributed by atoms with Gasteiger partial charge in [-0.15, -0.1) is 12.4 Å². The standard InChI is InChI=1S/C6H11N3O.ClH/c1-2-5-8-6(3-4-7)10-9-5;/h2-4,7H2,1H3;1H. The number of nitrogens with two attached hydrogens (primary N) is 1. The smallest absolute Gasteiger partial charge is 0.227 e. The minimum absolute atomic E-state index is 0. The van der Waals surface area contributed by atoms with Gasteiger partial charge in [-0.2, -0.15) is 4.98 Å². The summed E-state index contributed by atoms with van der Waals surface area (Å²) in [5.74, 6) is 1.39. The molecule has 11 heavy (non-hydrogen) atoms. The van der Waals surface area contributed by atoms with E-state index in [0.717, 1.165) is 12.2 Å². The molecule has 0 unspecified atom stereocenters. The third-order valence-electron chi connectivity index (χ3n) is 1.18. The topological polar surface area (TPSA) is 64.9 Å². The second kappa shape index (κ2) is 5.09. The highest BCUT2D eigenvalue weighted by molar-refractivity contribution is 5.85. The van der Waals surface area contributed by atoms with Crippen molar-refractivity contribution in [1.82, 2.24) is 10.1 Å². The molecule has 0 atom stereocenters. The SMILES string of the molecule is CCc1noc(CCN)n1.Cl. The molecule has 64 valence electrons. The van der Waals surface area contributed by atoms with Crippen molar-refractivity contribution in [2.75, 3.05) is 6.54 Å². The Morgan fingerprint density at radius 2 is 2.27 bits per heavy atom. The lowest BCUT2D eigenvalue weighted by Gasteiger charge is -1.83. The molecule has 5 heteroatoms. The zero-order valence-electron chi connectivity index (χ0n) is 6.41. The van der Waals surface area contributed by atoms with E-state index in [1.165, 1.54) is 0 Å². The lowest BCUT2D eigenvalue weighted by atomic mass is 10.4. The summed E-state index contributed by atoms with van der Waals surface area (Å²) in [5, 5.41) is 3.71. The van der Waals surface area contributed by atoms with Crippen LogP contribution in [0.5, 0.6) is 0 Å². The van der Waals surface area contributed by atoms with Crippen LogP contribution in [0.15, 0.2) is 4.52 Å². The van der Waals surface area contributed by atoms with Crippen molar-refractivity contribution in [3.63, 3.8) is 0 Å². The molecule has 1 rings (SSSR count). The highest BCUT2D eigenvalue weighted by Gasteiger charge is 2.01. The fraction of sp³-hybridized carbons (Fsp3) is 0.667. The normalized spacial score (nSPS) is 9.27. The molecule has 0 bridgehead atoms. The van der Waals surface area contributed by atoms with Gasteiger partial charge in [0, 0.05) is 19.4 Å². The highest BCUT2D eigenvalue weighted by Crippen LogP contribution is 1.96. The average Bonchev–Trinajstić information content (AvgIpc) is 2.37. The molecule has 0 saturated heterocycles. The van der Waals surface area contributed by atoms with Gasteiger partial charge in [-0.3, -0.25) is 0 Å². The van der Waals surface area contributed by atoms with Crippen molar-refractivity contribution in [3.8, 4) is 0 Å². The molecule has 0 aliphatic carbocycles. The van der Waals surface area contributed by atoms with Gasteiger partial charge in [0.05, 0.1) is 0 Å². The van der Waals surface area contributed by atoms with Crippen LogP contribution >= 0.6 is 12.4 Å². The van der Waals surface area contributed by atoms with E-state index in [1.54, 1.807) is 0 Å². The molecule has 0 aliphatic heterocycles. The van der Waals surface area contributed by atoms with Crippen molar-refractivity contribution in [1.29, 1.82) is 0 Å². The summed E-state index contributed by atoms with van der Waals surface area (Å²) in [5.41, 5.74) is 5.28. The number of halogens is 1. The molecule has 1 aromatic heterocycles. The Morgan fingerprint density at radius 1 is 1.55 bits per heavy atom. The predicted octanol–water partition coefficient (Wildman–Crippen LogP) is 0.555. The largest absolute Gasteiger partial charge is 0.339 e. The van der Waals surface area contributed by atoms with Gasteiger partial charge < -0.3 is 10.3 Å². The van der Waals surface area contributed by atoms with Gasteiger partial charge in [-0.25, -0.2) is 0 Å². The Bertz CT molecular complexity index is 201. The first kappa shape index (κ1) is 10.4. The Morgan fingerprint density at radius 3 is 2.73 bits per heavy atom. The van der Waals surface area contributed by atoms with Crippen LogP contribution in [0.1, 0.15) is 18.6 Å². The Kier molecular flexibility index (Phi) is 4.81. The fourth-order valence-corrected chi connectivity index (χ4v) is 0.659. The summed E-state index contributed by atoms with van der Waals surface area (Å²) >= 11 is 0. The van der Waals surface area contributed by atoms with Gasteiger partial charge in [0.15, 0.2) is 5.82 Å². The van der Waals surface area contributed by atoms with E-state index in [1.807, 2.05) is 6.92 Å². The van der Waals surface area contributed by atoms with Crippen molar-refractivity contribution in [3.05, 3.63) is 11.7 Å². The minimum Gasteiger partial charge on any atom is -0.339 e. The number of aromatic nitrogens is 2. The molecule has 0 radical (unpaired) electrons. The zero-order chi connectivity index (χ0) is 7.40. The number of aryl methyl sites for hydroxylation is 1. The number of nitrogens with zero attached hydrogens (tertiary/aromatic N) is 2. The molecule has 1 heterocycles. The van der Waals surface area contributed by atoms with Crippen LogP contribution in [0.3, 0.4) is 0 Å². The van der Waals surface area contributed by atoms with Crippen molar-refractivity contribution >= 4 is 12.4 Å². The van der Waals surface area contributed by atoms with E-state index in [-0.39, 0.29) is 12.4 Å². The van der Waals surface area contributed by atoms with E-state index in [0.29, 0.717) is 18.9 Å². The molecule has 2 N–H and O–H groups in total. The van der Waals surface area contributed by atoms with E-state index >= 15 is 0 Å². The summed E-state index contributed by atoms with van der Waals surface area (Å²) < 4.78 is 4.85. The van der Waals surface area contributed by atoms with Crippen LogP contribution in [0.25, 0.3) is 0 Å². The fourth-order valence-electron chi connectivity index (χ4n) is 0.659. The lowest BCUT2D eigenvalue weighted by molar-refractivity contribution is 0.374. The molecule has 0 aromatic carbocycles. The Balaban J connectivity index is 0.000001000. The Labute approximate surface area is 71.6 Å². The molecule has 0 fully saturated rings. The van der Waals surface area contributed by atoms with Crippen molar-refractivity contribution < 1.29 is 4.52 Å². The van der Waals surface area contributed by atoms with Gasteiger partial charge >= 0.3 is 0 Å². The molecule has 0 spiro atoms. The number of hydrogen-bond donors (Lipinski definition) is 1. The zero-order valence-corrected chi connectivity index (χ0v) is 7.23. The first-order valence-electron chi connectivity index (χ1n) is 3.38. The first-order chi connectivity index (χ1) is 4.86. The molecule has 0 amide bonds. The van der Waals surface area contributed by atoms with Crippen LogP contribution < -0.4 is 5.73 Å². The van der Waals surface area contributed by atoms with Crippen LogP contribution in [0.4, 0.5) is 0 Å². The summed E-state index contributed by atoms with van der Waals surface area (Å²) in [7, 11) is 0. The molecule has 1 aromatic rings. The number of hydrogen-bond acceptors (Lipinski definition) is 4. The second-order valence-electron chi connectivity index (χ2n) is 2.00. The minimum atomic E-state index is 0. The first-order valence-corrected chi connectivity index (χ1v) is 3.38. The van der Waals surface area contributed by atoms with Gasteiger partial charge in [-0.1, -0.05) is 12.1 Å². The summed E-state index contributed by atoms with van der Waals surface area (Å²) in [6, 6.07) is 0. The summed E-state index contributed by atoms with van der Waals surface area (Å²) in [4.78, 5) is 4.06. The van der Waals surface area contributed by atoms with Crippen LogP contribution in [-0.2, 0) is 12.8 Å².